The number of hydrogen-bond donors (Lipinski definition) is 3. The number of hydrogen-bond acceptors (Lipinski definition) is 5. The number of hydrazone groups is 1. The van der Waals surface area contributed by atoms with E-state index in [4.69, 9.17) is 10.1 Å². The smallest absolute Gasteiger partial charge is 0.271 e. The van der Waals surface area contributed by atoms with Crippen LogP contribution in [-0.2, 0) is 4.74 Å². The molecule has 1 rings (SSSR count). The number of nitro groups is 1. The molecule has 2 atom stereocenters. The molecule has 8 heteroatoms. The number of hydrazine groups is 1. The molecule has 0 aromatic rings. The van der Waals surface area contributed by atoms with Gasteiger partial charge in [-0.05, 0) is 12.8 Å². The zero-order chi connectivity index (χ0) is 12.7. The third kappa shape index (κ3) is 4.77. The average Bonchev–Trinajstić information content (AvgIpc) is 2.28. The molecule has 0 heterocycles. The van der Waals surface area contributed by atoms with E-state index in [-0.39, 0.29) is 12.0 Å². The molecule has 8 nitrogen and oxygen atoms in total. The zero-order valence-corrected chi connectivity index (χ0v) is 9.68. The molecule has 0 bridgehead atoms. The molecule has 1 aliphatic carbocycles. The van der Waals surface area contributed by atoms with Crippen molar-refractivity contribution < 1.29 is 9.77 Å². The minimum Gasteiger partial charge on any atom is -0.381 e. The Morgan fingerprint density at radius 2 is 2.29 bits per heavy atom. The minimum atomic E-state index is -0.816. The summed E-state index contributed by atoms with van der Waals surface area (Å²) < 4.78 is 5.33. The van der Waals surface area contributed by atoms with Gasteiger partial charge in [0.2, 0.25) is 0 Å². The molecule has 1 aliphatic rings. The summed E-state index contributed by atoms with van der Waals surface area (Å²) in [5.41, 5.74) is 3.91. The molecule has 0 radical (unpaired) electrons. The first kappa shape index (κ1) is 13.4. The molecule has 0 amide bonds. The van der Waals surface area contributed by atoms with Crippen molar-refractivity contribution in [3.05, 3.63) is 10.1 Å². The first-order valence-electron chi connectivity index (χ1n) is 5.45. The summed E-state index contributed by atoms with van der Waals surface area (Å²) in [7, 11) is 1.67. The maximum absolute atomic E-state index is 10.0. The minimum absolute atomic E-state index is 0.145. The van der Waals surface area contributed by atoms with Crippen LogP contribution in [0.3, 0.4) is 0 Å². The van der Waals surface area contributed by atoms with Crippen molar-refractivity contribution in [2.75, 3.05) is 7.11 Å². The number of nitrogens with zero attached hydrogens (tertiary/aromatic N) is 2. The summed E-state index contributed by atoms with van der Waals surface area (Å²) in [6.07, 6.45) is 6.06. The highest BCUT2D eigenvalue weighted by Gasteiger charge is 2.23. The van der Waals surface area contributed by atoms with Crippen LogP contribution in [0, 0.1) is 21.4 Å². The van der Waals surface area contributed by atoms with Crippen LogP contribution < -0.4 is 10.9 Å². The third-order valence-corrected chi connectivity index (χ3v) is 2.70. The van der Waals surface area contributed by atoms with E-state index in [1.165, 1.54) is 0 Å². The van der Waals surface area contributed by atoms with Crippen LogP contribution in [0.2, 0.25) is 0 Å². The Balaban J connectivity index is 2.36. The third-order valence-electron chi connectivity index (χ3n) is 2.70. The Kier molecular flexibility index (Phi) is 5.34. The fourth-order valence-corrected chi connectivity index (χ4v) is 1.90. The number of nitrogens with one attached hydrogen (secondary N) is 3. The topological polar surface area (TPSA) is 113 Å². The van der Waals surface area contributed by atoms with Gasteiger partial charge in [0.05, 0.1) is 6.10 Å². The van der Waals surface area contributed by atoms with Crippen LogP contribution in [0.5, 0.6) is 0 Å². The second-order valence-electron chi connectivity index (χ2n) is 3.86. The summed E-state index contributed by atoms with van der Waals surface area (Å²) >= 11 is 0. The summed E-state index contributed by atoms with van der Waals surface area (Å²) in [5, 5.41) is 20.1. The van der Waals surface area contributed by atoms with Gasteiger partial charge >= 0.3 is 0 Å². The van der Waals surface area contributed by atoms with Crippen molar-refractivity contribution in [2.24, 2.45) is 11.0 Å². The Bertz CT molecular complexity index is 307. The monoisotopic (exact) mass is 243 g/mol. The fraction of sp³-hybridized carbons (Fsp3) is 0.778. The standard InChI is InChI=1S/C9H17N5O3/c1-17-8-5-3-2-4-7(8)6-11-12-9(10)13-14(15)16/h6-8H,2-5H2,1H3,(H3,10,12,13)/b11-6+. The van der Waals surface area contributed by atoms with Gasteiger partial charge in [-0.25, -0.2) is 15.5 Å². The zero-order valence-electron chi connectivity index (χ0n) is 9.68. The lowest BCUT2D eigenvalue weighted by Crippen LogP contribution is -2.37. The molecule has 0 aliphatic heterocycles. The highest BCUT2D eigenvalue weighted by Crippen LogP contribution is 2.24. The van der Waals surface area contributed by atoms with Gasteiger partial charge < -0.3 is 4.74 Å². The molecule has 1 fully saturated rings. The van der Waals surface area contributed by atoms with Crippen molar-refractivity contribution in [3.63, 3.8) is 0 Å². The molecule has 1 saturated carbocycles. The van der Waals surface area contributed by atoms with E-state index in [1.807, 2.05) is 0 Å². The van der Waals surface area contributed by atoms with Crippen LogP contribution >= 0.6 is 0 Å². The lowest BCUT2D eigenvalue weighted by atomic mass is 9.87. The van der Waals surface area contributed by atoms with E-state index in [0.29, 0.717) is 0 Å². The van der Waals surface area contributed by atoms with Gasteiger partial charge in [0.15, 0.2) is 5.03 Å². The molecule has 0 aromatic heterocycles. The largest absolute Gasteiger partial charge is 0.381 e. The number of methoxy groups -OCH3 is 1. The van der Waals surface area contributed by atoms with Gasteiger partial charge in [-0.15, -0.1) is 0 Å². The van der Waals surface area contributed by atoms with Crippen LogP contribution in [0.4, 0.5) is 0 Å². The van der Waals surface area contributed by atoms with Gasteiger partial charge in [0.1, 0.15) is 0 Å². The second-order valence-corrected chi connectivity index (χ2v) is 3.86. The summed E-state index contributed by atoms with van der Waals surface area (Å²) in [6.45, 7) is 0. The predicted octanol–water partition coefficient (Wildman–Crippen LogP) is 0.483. The van der Waals surface area contributed by atoms with Crippen molar-refractivity contribution in [2.45, 2.75) is 31.8 Å². The lowest BCUT2D eigenvalue weighted by molar-refractivity contribution is -0.525. The number of rotatable bonds is 4. The highest BCUT2D eigenvalue weighted by atomic mass is 16.7. The van der Waals surface area contributed by atoms with Crippen molar-refractivity contribution in [1.82, 2.24) is 10.9 Å². The SMILES string of the molecule is COC1CCCCC1/C=N/NC(=N)N[N+](=O)[O-]. The summed E-state index contributed by atoms with van der Waals surface area (Å²) in [4.78, 5) is 10.0. The van der Waals surface area contributed by atoms with Crippen LogP contribution in [0.15, 0.2) is 5.10 Å². The quantitative estimate of drug-likeness (QED) is 0.288. The second kappa shape index (κ2) is 6.79. The first-order chi connectivity index (χ1) is 8.13. The maximum atomic E-state index is 10.0. The van der Waals surface area contributed by atoms with E-state index >= 15 is 0 Å². The van der Waals surface area contributed by atoms with Gasteiger partial charge in [-0.2, -0.15) is 5.10 Å². The number of guanidine groups is 1. The lowest BCUT2D eigenvalue weighted by Gasteiger charge is -2.27. The van der Waals surface area contributed by atoms with Gasteiger partial charge in [-0.1, -0.05) is 18.3 Å². The molecular weight excluding hydrogens is 226 g/mol. The van der Waals surface area contributed by atoms with Gasteiger partial charge in [-0.3, -0.25) is 5.41 Å². The Hall–Kier alpha value is -1.70. The van der Waals surface area contributed by atoms with Crippen LogP contribution in [0.25, 0.3) is 0 Å². The van der Waals surface area contributed by atoms with Gasteiger partial charge in [0, 0.05) is 19.2 Å². The number of ether oxygens (including phenoxy) is 1. The molecular formula is C9H17N5O3. The molecule has 0 saturated heterocycles. The van der Waals surface area contributed by atoms with E-state index in [0.717, 1.165) is 25.7 Å². The average molecular weight is 243 g/mol. The Morgan fingerprint density at radius 3 is 2.94 bits per heavy atom. The van der Waals surface area contributed by atoms with Crippen molar-refractivity contribution >= 4 is 12.2 Å². The molecule has 0 spiro atoms. The molecule has 17 heavy (non-hydrogen) atoms. The Labute approximate surface area is 99.0 Å². The van der Waals surface area contributed by atoms with Crippen molar-refractivity contribution in [1.29, 1.82) is 5.41 Å². The highest BCUT2D eigenvalue weighted by molar-refractivity contribution is 5.76. The summed E-state index contributed by atoms with van der Waals surface area (Å²) in [5.74, 6) is -0.263. The van der Waals surface area contributed by atoms with Gasteiger partial charge in [0.25, 0.3) is 5.96 Å². The van der Waals surface area contributed by atoms with E-state index in [9.17, 15) is 10.1 Å². The van der Waals surface area contributed by atoms with Crippen molar-refractivity contribution in [3.8, 4) is 0 Å². The first-order valence-corrected chi connectivity index (χ1v) is 5.45. The van der Waals surface area contributed by atoms with Crippen LogP contribution in [-0.4, -0.2) is 30.4 Å². The fourth-order valence-electron chi connectivity index (χ4n) is 1.90. The van der Waals surface area contributed by atoms with E-state index < -0.39 is 11.0 Å². The molecule has 2 unspecified atom stereocenters. The molecule has 96 valence electrons. The Morgan fingerprint density at radius 1 is 1.59 bits per heavy atom. The molecule has 3 N–H and O–H groups in total. The summed E-state index contributed by atoms with van der Waals surface area (Å²) in [6, 6.07) is 0. The van der Waals surface area contributed by atoms with E-state index in [1.54, 1.807) is 18.8 Å². The predicted molar refractivity (Wildman–Crippen MR) is 62.2 cm³/mol. The molecule has 0 aromatic carbocycles. The maximum Gasteiger partial charge on any atom is 0.271 e. The van der Waals surface area contributed by atoms with Crippen LogP contribution in [0.1, 0.15) is 25.7 Å². The van der Waals surface area contributed by atoms with E-state index in [2.05, 4.69) is 10.5 Å². The normalized spacial score (nSPS) is 24.5.